The van der Waals surface area contributed by atoms with Crippen molar-refractivity contribution in [2.75, 3.05) is 0 Å². The second-order valence-electron chi connectivity index (χ2n) is 9.21. The number of nitrogens with one attached hydrogen (secondary N) is 1. The maximum atomic E-state index is 14.8. The van der Waals surface area contributed by atoms with Crippen molar-refractivity contribution in [2.24, 2.45) is 0 Å². The van der Waals surface area contributed by atoms with Gasteiger partial charge in [-0.1, -0.05) is 31.5 Å². The number of H-pyrrole nitrogens is 1. The Bertz CT molecular complexity index is 1810. The molecular weight excluding hydrogens is 564 g/mol. The molecule has 0 unspecified atom stereocenters. The van der Waals surface area contributed by atoms with E-state index in [1.54, 1.807) is 6.92 Å². The van der Waals surface area contributed by atoms with E-state index in [4.69, 9.17) is 16.3 Å². The molecule has 2 heterocycles. The van der Waals surface area contributed by atoms with E-state index >= 15 is 0 Å². The summed E-state index contributed by atoms with van der Waals surface area (Å²) in [5.41, 5.74) is -1.38. The van der Waals surface area contributed by atoms with Crippen LogP contribution in [0.25, 0.3) is 11.1 Å². The lowest BCUT2D eigenvalue weighted by atomic mass is 9.98. The van der Waals surface area contributed by atoms with Crippen molar-refractivity contribution in [1.82, 2.24) is 14.5 Å². The Hall–Kier alpha value is -4.43. The summed E-state index contributed by atoms with van der Waals surface area (Å²) >= 11 is 6.02. The van der Waals surface area contributed by atoms with Crippen LogP contribution in [-0.2, 0) is 18.9 Å². The van der Waals surface area contributed by atoms with E-state index in [1.165, 1.54) is 44.2 Å². The average Bonchev–Trinajstić information content (AvgIpc) is 2.94. The monoisotopic (exact) mass is 586 g/mol. The number of ether oxygens (including phenoxy) is 1. The number of nitriles is 1. The van der Waals surface area contributed by atoms with E-state index in [2.05, 4.69) is 9.97 Å². The molecule has 0 bridgehead atoms. The molecule has 2 aromatic heterocycles. The summed E-state index contributed by atoms with van der Waals surface area (Å²) in [5.74, 6) is -6.56. The van der Waals surface area contributed by atoms with E-state index in [0.29, 0.717) is 17.7 Å². The molecule has 41 heavy (non-hydrogen) atoms. The number of alkyl halides is 2. The fourth-order valence-electron chi connectivity index (χ4n) is 4.30. The summed E-state index contributed by atoms with van der Waals surface area (Å²) < 4.78 is 64.3. The molecular formula is C29H23ClF4N4O3. The number of aromatic nitrogens is 3. The van der Waals surface area contributed by atoms with Gasteiger partial charge in [0.2, 0.25) is 5.75 Å². The lowest BCUT2D eigenvalue weighted by Crippen LogP contribution is -2.28. The summed E-state index contributed by atoms with van der Waals surface area (Å²) in [5, 5.41) is 9.32. The number of hydrogen-bond donors (Lipinski definition) is 1. The molecule has 0 atom stereocenters. The van der Waals surface area contributed by atoms with Gasteiger partial charge in [-0.05, 0) is 60.4 Å². The fourth-order valence-corrected chi connectivity index (χ4v) is 4.53. The minimum Gasteiger partial charge on any atom is -0.449 e. The Morgan fingerprint density at radius 2 is 1.85 bits per heavy atom. The number of halogens is 5. The van der Waals surface area contributed by atoms with Crippen molar-refractivity contribution in [3.05, 3.63) is 108 Å². The summed E-state index contributed by atoms with van der Waals surface area (Å²) in [4.78, 5) is 33.0. The second kappa shape index (κ2) is 11.6. The molecule has 0 amide bonds. The van der Waals surface area contributed by atoms with Gasteiger partial charge in [0.05, 0.1) is 24.5 Å². The van der Waals surface area contributed by atoms with Gasteiger partial charge in [-0.3, -0.25) is 14.2 Å². The van der Waals surface area contributed by atoms with E-state index < -0.39 is 46.5 Å². The maximum absolute atomic E-state index is 14.8. The zero-order valence-corrected chi connectivity index (χ0v) is 22.9. The van der Waals surface area contributed by atoms with Gasteiger partial charge in [-0.15, -0.1) is 0 Å². The van der Waals surface area contributed by atoms with Gasteiger partial charge in [0.1, 0.15) is 5.75 Å². The van der Waals surface area contributed by atoms with Gasteiger partial charge >= 0.3 is 0 Å². The topological polar surface area (TPSA) is 101 Å². The summed E-state index contributed by atoms with van der Waals surface area (Å²) in [6.07, 6.45) is 0.605. The first-order valence-corrected chi connectivity index (χ1v) is 12.8. The molecule has 4 aromatic rings. The lowest BCUT2D eigenvalue weighted by molar-refractivity contribution is -0.0151. The number of hydrogen-bond acceptors (Lipinski definition) is 5. The Kier molecular flexibility index (Phi) is 8.35. The average molecular weight is 587 g/mol. The number of nitrogens with zero attached hydrogens (tertiary/aromatic N) is 3. The summed E-state index contributed by atoms with van der Waals surface area (Å²) in [6.45, 7) is 4.08. The third-order valence-corrected chi connectivity index (χ3v) is 6.76. The largest absolute Gasteiger partial charge is 0.449 e. The summed E-state index contributed by atoms with van der Waals surface area (Å²) in [6, 6.07) is 9.33. The highest BCUT2D eigenvalue weighted by Crippen LogP contribution is 2.36. The van der Waals surface area contributed by atoms with Crippen molar-refractivity contribution >= 4 is 11.6 Å². The molecule has 0 aliphatic carbocycles. The third-order valence-electron chi connectivity index (χ3n) is 6.55. The minimum absolute atomic E-state index is 0.0307. The second-order valence-corrected chi connectivity index (χ2v) is 9.64. The van der Waals surface area contributed by atoms with Gasteiger partial charge < -0.3 is 9.72 Å². The summed E-state index contributed by atoms with van der Waals surface area (Å²) in [7, 11) is 0. The molecule has 0 aliphatic rings. The van der Waals surface area contributed by atoms with E-state index in [9.17, 15) is 32.4 Å². The number of aryl methyl sites for hydroxylation is 1. The molecule has 0 saturated heterocycles. The van der Waals surface area contributed by atoms with Crippen molar-refractivity contribution in [3.63, 3.8) is 0 Å². The zero-order valence-electron chi connectivity index (χ0n) is 22.1. The van der Waals surface area contributed by atoms with Gasteiger partial charge in [-0.2, -0.15) is 14.0 Å². The van der Waals surface area contributed by atoms with Crippen LogP contribution in [0.15, 0.2) is 52.3 Å². The van der Waals surface area contributed by atoms with Crippen LogP contribution in [0.1, 0.15) is 48.3 Å². The Morgan fingerprint density at radius 1 is 1.12 bits per heavy atom. The molecule has 4 rings (SSSR count). The van der Waals surface area contributed by atoms with Crippen LogP contribution >= 0.6 is 11.6 Å². The molecule has 0 saturated carbocycles. The van der Waals surface area contributed by atoms with Gasteiger partial charge in [0.25, 0.3) is 17.0 Å². The van der Waals surface area contributed by atoms with Crippen molar-refractivity contribution in [3.8, 4) is 28.7 Å². The van der Waals surface area contributed by atoms with Crippen LogP contribution in [0.3, 0.4) is 0 Å². The predicted molar refractivity (Wildman–Crippen MR) is 145 cm³/mol. The first-order chi connectivity index (χ1) is 19.4. The van der Waals surface area contributed by atoms with Crippen LogP contribution in [0.5, 0.6) is 11.5 Å². The van der Waals surface area contributed by atoms with Crippen molar-refractivity contribution in [1.29, 1.82) is 5.26 Å². The molecule has 1 N–H and O–H groups in total. The molecule has 7 nitrogen and oxygen atoms in total. The van der Waals surface area contributed by atoms with E-state index in [1.807, 2.05) is 6.07 Å². The van der Waals surface area contributed by atoms with Gasteiger partial charge in [0.15, 0.2) is 17.3 Å². The molecule has 12 heteroatoms. The highest BCUT2D eigenvalue weighted by molar-refractivity contribution is 6.30. The van der Waals surface area contributed by atoms with E-state index in [-0.39, 0.29) is 39.6 Å². The molecule has 0 spiro atoms. The van der Waals surface area contributed by atoms with Gasteiger partial charge in [0, 0.05) is 22.7 Å². The fraction of sp³-hybridized carbons (Fsp3) is 0.241. The smallest absolute Gasteiger partial charge is 0.297 e. The number of rotatable bonds is 8. The molecule has 212 valence electrons. The van der Waals surface area contributed by atoms with Crippen LogP contribution in [-0.4, -0.2) is 14.5 Å². The first-order valence-electron chi connectivity index (χ1n) is 12.5. The van der Waals surface area contributed by atoms with Crippen LogP contribution in [0.2, 0.25) is 5.02 Å². The lowest BCUT2D eigenvalue weighted by Gasteiger charge is -2.19. The van der Waals surface area contributed by atoms with Crippen molar-refractivity contribution in [2.45, 2.75) is 46.1 Å². The Morgan fingerprint density at radius 3 is 2.51 bits per heavy atom. The number of benzene rings is 2. The normalized spacial score (nSPS) is 11.4. The van der Waals surface area contributed by atoms with Crippen LogP contribution in [0, 0.1) is 29.9 Å². The predicted octanol–water partition coefficient (Wildman–Crippen LogP) is 6.62. The molecule has 0 radical (unpaired) electrons. The number of pyridine rings is 1. The van der Waals surface area contributed by atoms with Gasteiger partial charge in [-0.25, -0.2) is 13.8 Å². The molecule has 0 aliphatic heterocycles. The highest BCUT2D eigenvalue weighted by atomic mass is 35.5. The minimum atomic E-state index is -3.52. The first kappa shape index (κ1) is 29.6. The van der Waals surface area contributed by atoms with Crippen molar-refractivity contribution < 1.29 is 22.3 Å². The number of aromatic amines is 1. The Balaban J connectivity index is 1.87. The van der Waals surface area contributed by atoms with Crippen LogP contribution in [0.4, 0.5) is 17.6 Å². The highest BCUT2D eigenvalue weighted by Gasteiger charge is 2.37. The zero-order chi connectivity index (χ0) is 30.1. The third kappa shape index (κ3) is 5.88. The molecule has 2 aromatic carbocycles. The SMILES string of the molecule is CCc1[nH]c(=O)c(-c2ccc(F)c(F)c2C)cc1Cn1cnc(C(F)(F)CC)c(Oc2cc(Cl)cc(C#N)c2)c1=O. The van der Waals surface area contributed by atoms with E-state index in [0.717, 1.165) is 17.0 Å². The quantitative estimate of drug-likeness (QED) is 0.234. The van der Waals surface area contributed by atoms with Crippen LogP contribution < -0.4 is 15.9 Å². The standard InChI is InChI=1S/C29H23ClF4N4O3/c1-4-23-17(10-21(27(39)37-23)20-6-7-22(31)24(32)15(20)3)13-38-14-36-26(29(33,34)5-2)25(28(38)40)41-19-9-16(12-35)8-18(30)11-19/h6-11,14H,4-5,13H2,1-3H3,(H,37,39). The molecule has 0 fully saturated rings. The Labute approximate surface area is 236 Å². The maximum Gasteiger partial charge on any atom is 0.297 e.